The van der Waals surface area contributed by atoms with Gasteiger partial charge < -0.3 is 24.6 Å². The molecule has 0 atom stereocenters. The van der Waals surface area contributed by atoms with Gasteiger partial charge in [0.05, 0.1) is 10.2 Å². The van der Waals surface area contributed by atoms with Crippen LogP contribution in [0.5, 0.6) is 17.2 Å². The molecule has 0 aliphatic carbocycles. The number of hydrogen-bond acceptors (Lipinski definition) is 6. The van der Waals surface area contributed by atoms with E-state index in [1.54, 1.807) is 43.3 Å². The van der Waals surface area contributed by atoms with Gasteiger partial charge in [-0.15, -0.1) is 0 Å². The van der Waals surface area contributed by atoms with Gasteiger partial charge in [0, 0.05) is 5.69 Å². The molecule has 3 aromatic carbocycles. The molecule has 0 spiro atoms. The first-order valence-electron chi connectivity index (χ1n) is 10.9. The maximum atomic E-state index is 12.7. The summed E-state index contributed by atoms with van der Waals surface area (Å²) in [4.78, 5) is 23.6. The van der Waals surface area contributed by atoms with E-state index in [0.717, 1.165) is 5.56 Å². The van der Waals surface area contributed by atoms with Crippen molar-refractivity contribution >= 4 is 46.2 Å². The molecule has 0 bridgehead atoms. The summed E-state index contributed by atoms with van der Waals surface area (Å²) in [6.45, 7) is 2.01. The Kier molecular flexibility index (Phi) is 9.71. The Bertz CT molecular complexity index is 1280. The van der Waals surface area contributed by atoms with Crippen LogP contribution >= 0.6 is 22.6 Å². The maximum Gasteiger partial charge on any atom is 0.341 e. The molecule has 0 radical (unpaired) electrons. The molecule has 3 aromatic rings. The summed E-state index contributed by atoms with van der Waals surface area (Å²) in [5.41, 5.74) is 1.97. The molecule has 3 rings (SSSR count). The van der Waals surface area contributed by atoms with Crippen LogP contribution in [0.25, 0.3) is 6.08 Å². The minimum absolute atomic E-state index is 0.114. The molecule has 1 amide bonds. The highest BCUT2D eigenvalue weighted by atomic mass is 127. The Morgan fingerprint density at radius 2 is 1.78 bits per heavy atom. The summed E-state index contributed by atoms with van der Waals surface area (Å²) in [7, 11) is 0. The molecular weight excluding hydrogens is 575 g/mol. The topological polar surface area (TPSA) is 118 Å². The molecule has 0 aliphatic rings. The average molecular weight is 598 g/mol. The first-order valence-corrected chi connectivity index (χ1v) is 12.0. The number of halogens is 1. The van der Waals surface area contributed by atoms with Crippen molar-refractivity contribution in [1.29, 1.82) is 5.26 Å². The molecule has 0 aliphatic heterocycles. The van der Waals surface area contributed by atoms with Gasteiger partial charge in [0.25, 0.3) is 5.91 Å². The number of benzene rings is 3. The first kappa shape index (κ1) is 26.6. The number of carboxylic acids is 1. The molecule has 0 aromatic heterocycles. The second kappa shape index (κ2) is 13.2. The Labute approximate surface area is 222 Å². The van der Waals surface area contributed by atoms with E-state index in [9.17, 15) is 14.9 Å². The van der Waals surface area contributed by atoms with Gasteiger partial charge in [0.1, 0.15) is 24.0 Å². The lowest BCUT2D eigenvalue weighted by Gasteiger charge is -2.14. The number of amides is 1. The van der Waals surface area contributed by atoms with Crippen molar-refractivity contribution in [3.63, 3.8) is 0 Å². The summed E-state index contributed by atoms with van der Waals surface area (Å²) < 4.78 is 17.2. The zero-order valence-corrected chi connectivity index (χ0v) is 21.5. The normalized spacial score (nSPS) is 10.8. The molecule has 2 N–H and O–H groups in total. The highest BCUT2D eigenvalue weighted by molar-refractivity contribution is 14.1. The molecule has 0 fully saturated rings. The molecule has 0 saturated carbocycles. The Balaban J connectivity index is 1.71. The molecule has 36 heavy (non-hydrogen) atoms. The lowest BCUT2D eigenvalue weighted by Crippen LogP contribution is -2.13. The monoisotopic (exact) mass is 598 g/mol. The molecule has 0 saturated heterocycles. The van der Waals surface area contributed by atoms with E-state index in [2.05, 4.69) is 5.32 Å². The van der Waals surface area contributed by atoms with E-state index in [-0.39, 0.29) is 11.3 Å². The van der Waals surface area contributed by atoms with Gasteiger partial charge in [-0.05, 0) is 83.1 Å². The standard InChI is InChI=1S/C27H23IN2O6/c1-2-34-24-14-19(13-23(28)26(24)36-17-25(31)32)12-20(15-29)27(33)30-21-8-10-22(11-9-21)35-16-18-6-4-3-5-7-18/h3-14H,2,16-17H2,1H3,(H,30,33)(H,31,32)/b20-12+. The van der Waals surface area contributed by atoms with Crippen LogP contribution in [0.3, 0.4) is 0 Å². The van der Waals surface area contributed by atoms with E-state index in [1.165, 1.54) is 6.08 Å². The number of anilines is 1. The predicted octanol–water partition coefficient (Wildman–Crippen LogP) is 5.28. The van der Waals surface area contributed by atoms with E-state index >= 15 is 0 Å². The smallest absolute Gasteiger partial charge is 0.341 e. The van der Waals surface area contributed by atoms with Crippen LogP contribution in [-0.2, 0) is 16.2 Å². The highest BCUT2D eigenvalue weighted by Crippen LogP contribution is 2.35. The van der Waals surface area contributed by atoms with Crippen molar-refractivity contribution in [3.05, 3.63) is 87.0 Å². The number of hydrogen-bond donors (Lipinski definition) is 2. The third kappa shape index (κ3) is 7.74. The van der Waals surface area contributed by atoms with Crippen LogP contribution in [0.4, 0.5) is 5.69 Å². The quantitative estimate of drug-likeness (QED) is 0.175. The van der Waals surface area contributed by atoms with Gasteiger partial charge in [-0.1, -0.05) is 30.3 Å². The number of nitriles is 1. The number of rotatable bonds is 11. The van der Waals surface area contributed by atoms with Crippen LogP contribution in [0.2, 0.25) is 0 Å². The zero-order valence-electron chi connectivity index (χ0n) is 19.4. The lowest BCUT2D eigenvalue weighted by molar-refractivity contribution is -0.139. The molecule has 9 heteroatoms. The first-order chi connectivity index (χ1) is 17.4. The number of nitrogens with one attached hydrogen (secondary N) is 1. The number of carbonyl (C=O) groups excluding carboxylic acids is 1. The van der Waals surface area contributed by atoms with E-state index < -0.39 is 18.5 Å². The summed E-state index contributed by atoms with van der Waals surface area (Å²) in [6, 6.07) is 21.8. The van der Waals surface area contributed by atoms with Gasteiger partial charge >= 0.3 is 5.97 Å². The van der Waals surface area contributed by atoms with Crippen molar-refractivity contribution in [1.82, 2.24) is 0 Å². The fourth-order valence-electron chi connectivity index (χ4n) is 3.10. The largest absolute Gasteiger partial charge is 0.490 e. The fraction of sp³-hybridized carbons (Fsp3) is 0.148. The summed E-state index contributed by atoms with van der Waals surface area (Å²) in [5.74, 6) is -0.433. The highest BCUT2D eigenvalue weighted by Gasteiger charge is 2.15. The number of nitrogens with zero attached hydrogens (tertiary/aromatic N) is 1. The van der Waals surface area contributed by atoms with Crippen LogP contribution in [0.1, 0.15) is 18.1 Å². The van der Waals surface area contributed by atoms with Gasteiger partial charge in [-0.3, -0.25) is 4.79 Å². The number of carboxylic acid groups (broad SMARTS) is 1. The van der Waals surface area contributed by atoms with Crippen LogP contribution in [0, 0.1) is 14.9 Å². The van der Waals surface area contributed by atoms with Crippen LogP contribution in [-0.4, -0.2) is 30.2 Å². The Hall–Kier alpha value is -4.04. The number of ether oxygens (including phenoxy) is 3. The molecule has 8 nitrogen and oxygen atoms in total. The third-order valence-corrected chi connectivity index (χ3v) is 5.51. The average Bonchev–Trinajstić information content (AvgIpc) is 2.87. The molecule has 0 heterocycles. The molecule has 0 unspecified atom stereocenters. The van der Waals surface area contributed by atoms with Crippen molar-refractivity contribution in [2.75, 3.05) is 18.5 Å². The molecule has 184 valence electrons. The second-order valence-corrected chi connectivity index (χ2v) is 8.53. The van der Waals surface area contributed by atoms with Crippen molar-refractivity contribution < 1.29 is 28.9 Å². The second-order valence-electron chi connectivity index (χ2n) is 7.37. The van der Waals surface area contributed by atoms with Crippen LogP contribution in [0.15, 0.2) is 72.3 Å². The van der Waals surface area contributed by atoms with E-state index in [1.807, 2.05) is 59.0 Å². The van der Waals surface area contributed by atoms with E-state index in [0.29, 0.717) is 39.5 Å². The van der Waals surface area contributed by atoms with Crippen molar-refractivity contribution in [2.24, 2.45) is 0 Å². The van der Waals surface area contributed by atoms with E-state index in [4.69, 9.17) is 19.3 Å². The van der Waals surface area contributed by atoms with Crippen molar-refractivity contribution in [3.8, 4) is 23.3 Å². The zero-order chi connectivity index (χ0) is 25.9. The minimum atomic E-state index is -1.11. The maximum absolute atomic E-state index is 12.7. The Morgan fingerprint density at radius 3 is 2.42 bits per heavy atom. The van der Waals surface area contributed by atoms with Crippen molar-refractivity contribution in [2.45, 2.75) is 13.5 Å². The minimum Gasteiger partial charge on any atom is -0.490 e. The fourth-order valence-corrected chi connectivity index (χ4v) is 3.88. The van der Waals surface area contributed by atoms with Crippen LogP contribution < -0.4 is 19.5 Å². The third-order valence-electron chi connectivity index (χ3n) is 4.71. The summed E-state index contributed by atoms with van der Waals surface area (Å²) >= 11 is 1.98. The predicted molar refractivity (Wildman–Crippen MR) is 143 cm³/mol. The Morgan fingerprint density at radius 1 is 1.06 bits per heavy atom. The van der Waals surface area contributed by atoms with Gasteiger partial charge in [-0.25, -0.2) is 4.79 Å². The number of aliphatic carboxylic acids is 1. The molecular formula is C27H23IN2O6. The van der Waals surface area contributed by atoms with Gasteiger partial charge in [0.2, 0.25) is 0 Å². The van der Waals surface area contributed by atoms with Gasteiger partial charge in [0.15, 0.2) is 18.1 Å². The number of carbonyl (C=O) groups is 2. The van der Waals surface area contributed by atoms with Gasteiger partial charge in [-0.2, -0.15) is 5.26 Å². The summed E-state index contributed by atoms with van der Waals surface area (Å²) in [5, 5.41) is 21.2. The SMILES string of the molecule is CCOc1cc(/C=C(\C#N)C(=O)Nc2ccc(OCc3ccccc3)cc2)cc(I)c1OCC(=O)O. The summed E-state index contributed by atoms with van der Waals surface area (Å²) in [6.07, 6.45) is 1.43. The lowest BCUT2D eigenvalue weighted by atomic mass is 10.1.